The zero-order valence-corrected chi connectivity index (χ0v) is 9.05. The molecular weight excluding hydrogens is 206 g/mol. The molecular formula is C8H13NO2S2. The van der Waals surface area contributed by atoms with Crippen LogP contribution in [0.3, 0.4) is 0 Å². The van der Waals surface area contributed by atoms with E-state index in [2.05, 4.69) is 0 Å². The Kier molecular flexibility index (Phi) is 3.35. The first-order valence-electron chi connectivity index (χ1n) is 3.91. The summed E-state index contributed by atoms with van der Waals surface area (Å²) in [7, 11) is -4.65. The van der Waals surface area contributed by atoms with Gasteiger partial charge in [-0.15, -0.1) is 9.93 Å². The Morgan fingerprint density at radius 2 is 1.85 bits per heavy atom. The van der Waals surface area contributed by atoms with Gasteiger partial charge < -0.3 is 0 Å². The highest BCUT2D eigenvalue weighted by Gasteiger charge is 2.15. The average Bonchev–Trinajstić information content (AvgIpc) is 2.05. The van der Waals surface area contributed by atoms with Gasteiger partial charge in [-0.2, -0.15) is 0 Å². The molecule has 0 amide bonds. The maximum atomic E-state index is 11.2. The summed E-state index contributed by atoms with van der Waals surface area (Å²) in [6.07, 6.45) is 0. The summed E-state index contributed by atoms with van der Waals surface area (Å²) in [4.78, 5) is 0.822. The lowest BCUT2D eigenvalue weighted by Gasteiger charge is -2.16. The van der Waals surface area contributed by atoms with Crippen LogP contribution >= 0.6 is 9.93 Å². The van der Waals surface area contributed by atoms with Gasteiger partial charge in [-0.25, -0.2) is 13.6 Å². The topological polar surface area (TPSA) is 60.2 Å². The predicted octanol–water partition coefficient (Wildman–Crippen LogP) is 1.27. The van der Waals surface area contributed by atoms with Gasteiger partial charge in [0.15, 0.2) is 0 Å². The van der Waals surface area contributed by atoms with Crippen LogP contribution in [0.15, 0.2) is 35.2 Å². The third-order valence-electron chi connectivity index (χ3n) is 1.64. The first-order valence-corrected chi connectivity index (χ1v) is 7.59. The third kappa shape index (κ3) is 2.72. The Morgan fingerprint density at radius 3 is 2.23 bits per heavy atom. The first kappa shape index (κ1) is 10.6. The van der Waals surface area contributed by atoms with Crippen molar-refractivity contribution in [3.63, 3.8) is 0 Å². The molecule has 1 aromatic rings. The van der Waals surface area contributed by atoms with Gasteiger partial charge in [0, 0.05) is 4.90 Å². The van der Waals surface area contributed by atoms with Crippen LogP contribution in [0, 0.1) is 0 Å². The van der Waals surface area contributed by atoms with Crippen molar-refractivity contribution in [2.45, 2.75) is 11.8 Å². The van der Waals surface area contributed by atoms with Crippen molar-refractivity contribution >= 4 is 19.0 Å². The molecule has 1 atom stereocenters. The Hall–Kier alpha value is -0.520. The highest BCUT2D eigenvalue weighted by Crippen LogP contribution is 2.39. The summed E-state index contributed by atoms with van der Waals surface area (Å²) >= 11 is 0. The lowest BCUT2D eigenvalue weighted by molar-refractivity contribution is 0.611. The number of benzene rings is 1. The van der Waals surface area contributed by atoms with E-state index in [-0.39, 0.29) is 0 Å². The van der Waals surface area contributed by atoms with Gasteiger partial charge in [-0.05, 0) is 17.9 Å². The summed E-state index contributed by atoms with van der Waals surface area (Å²) in [5.41, 5.74) is 0. The van der Waals surface area contributed by atoms with E-state index in [1.807, 2.05) is 25.1 Å². The summed E-state index contributed by atoms with van der Waals surface area (Å²) in [6.45, 7) is 1.84. The molecule has 1 aromatic carbocycles. The van der Waals surface area contributed by atoms with Crippen LogP contribution in [0.2, 0.25) is 0 Å². The summed E-state index contributed by atoms with van der Waals surface area (Å²) in [5.74, 6) is 0.568. The van der Waals surface area contributed by atoms with Crippen LogP contribution in [0.1, 0.15) is 6.92 Å². The molecule has 0 aliphatic rings. The highest BCUT2D eigenvalue weighted by atomic mass is 33.2. The van der Waals surface area contributed by atoms with Gasteiger partial charge in [-0.1, -0.05) is 25.1 Å². The monoisotopic (exact) mass is 219 g/mol. The van der Waals surface area contributed by atoms with E-state index in [1.165, 1.54) is 0 Å². The van der Waals surface area contributed by atoms with Crippen LogP contribution in [0.4, 0.5) is 0 Å². The molecule has 1 rings (SSSR count). The maximum Gasteiger partial charge on any atom is 0.246 e. The van der Waals surface area contributed by atoms with E-state index in [1.54, 1.807) is 12.1 Å². The fourth-order valence-corrected chi connectivity index (χ4v) is 4.95. The van der Waals surface area contributed by atoms with Crippen molar-refractivity contribution in [1.29, 1.82) is 0 Å². The minimum absolute atomic E-state index is 0.568. The third-order valence-corrected chi connectivity index (χ3v) is 6.95. The largest absolute Gasteiger partial charge is 0.246 e. The fraction of sp³-hybridized carbons (Fsp3) is 0.250. The molecule has 3 nitrogen and oxygen atoms in total. The van der Waals surface area contributed by atoms with E-state index >= 15 is 0 Å². The smallest absolute Gasteiger partial charge is 0.221 e. The number of thiol groups is 1. The molecule has 13 heavy (non-hydrogen) atoms. The zero-order valence-electron chi connectivity index (χ0n) is 7.34. The summed E-state index contributed by atoms with van der Waals surface area (Å²) < 4.78 is 22.3. The van der Waals surface area contributed by atoms with E-state index in [0.29, 0.717) is 5.75 Å². The molecule has 1 unspecified atom stereocenters. The molecule has 0 spiro atoms. The SMILES string of the molecule is CC[SH](c1ccccc1)S(N)(=O)=O. The van der Waals surface area contributed by atoms with Crippen LogP contribution in [0.25, 0.3) is 0 Å². The van der Waals surface area contributed by atoms with Gasteiger partial charge >= 0.3 is 0 Å². The quantitative estimate of drug-likeness (QED) is 0.594. The Morgan fingerprint density at radius 1 is 1.31 bits per heavy atom. The molecule has 74 valence electrons. The number of hydrogen-bond donors (Lipinski definition) is 2. The highest BCUT2D eigenvalue weighted by molar-refractivity contribution is 8.80. The lowest BCUT2D eigenvalue weighted by Crippen LogP contribution is -2.13. The molecule has 2 N–H and O–H groups in total. The molecule has 5 heteroatoms. The number of nitrogens with two attached hydrogens (primary N) is 1. The van der Waals surface area contributed by atoms with Crippen LogP contribution in [0.5, 0.6) is 0 Å². The normalized spacial score (nSPS) is 15.4. The summed E-state index contributed by atoms with van der Waals surface area (Å²) in [6, 6.07) is 9.12. The van der Waals surface area contributed by atoms with Crippen molar-refractivity contribution in [2.75, 3.05) is 5.75 Å². The second kappa shape index (κ2) is 4.13. The average molecular weight is 219 g/mol. The van der Waals surface area contributed by atoms with Gasteiger partial charge in [0.25, 0.3) is 0 Å². The van der Waals surface area contributed by atoms with Crippen molar-refractivity contribution in [3.05, 3.63) is 30.3 Å². The van der Waals surface area contributed by atoms with Gasteiger partial charge in [0.1, 0.15) is 0 Å². The Bertz CT molecular complexity index is 361. The maximum absolute atomic E-state index is 11.2. The predicted molar refractivity (Wildman–Crippen MR) is 57.3 cm³/mol. The Labute approximate surface area is 80.8 Å². The Balaban J connectivity index is 3.06. The van der Waals surface area contributed by atoms with Crippen molar-refractivity contribution in [3.8, 4) is 0 Å². The lowest BCUT2D eigenvalue weighted by atomic mass is 10.4. The number of rotatable bonds is 3. The van der Waals surface area contributed by atoms with Crippen LogP contribution in [-0.4, -0.2) is 14.2 Å². The van der Waals surface area contributed by atoms with Gasteiger partial charge in [-0.3, -0.25) is 0 Å². The number of hydrogen-bond acceptors (Lipinski definition) is 2. The minimum Gasteiger partial charge on any atom is -0.221 e. The minimum atomic E-state index is -3.40. The van der Waals surface area contributed by atoms with Gasteiger partial charge in [0.2, 0.25) is 9.06 Å². The van der Waals surface area contributed by atoms with Crippen molar-refractivity contribution in [1.82, 2.24) is 0 Å². The fourth-order valence-electron chi connectivity index (χ4n) is 1.10. The molecule has 0 aliphatic heterocycles. The molecule has 0 saturated heterocycles. The molecule has 0 radical (unpaired) electrons. The van der Waals surface area contributed by atoms with Crippen LogP contribution in [-0.2, 0) is 9.06 Å². The van der Waals surface area contributed by atoms with E-state index in [9.17, 15) is 8.42 Å². The molecule has 0 bridgehead atoms. The molecule has 0 fully saturated rings. The molecule has 0 heterocycles. The van der Waals surface area contributed by atoms with E-state index < -0.39 is 19.0 Å². The van der Waals surface area contributed by atoms with Gasteiger partial charge in [0.05, 0.1) is 0 Å². The first-order chi connectivity index (χ1) is 6.05. The summed E-state index contributed by atoms with van der Waals surface area (Å²) in [5, 5.41) is 5.12. The molecule has 0 aromatic heterocycles. The standard InChI is InChI=1S/C8H13NO2S2/c1-2-12(13(9,10)11)8-6-4-3-5-7-8/h3-7,12H,2H2,1H3,(H2,9,10,11). The zero-order chi connectivity index (χ0) is 9.90. The van der Waals surface area contributed by atoms with Crippen LogP contribution < -0.4 is 5.14 Å². The molecule has 0 aliphatic carbocycles. The van der Waals surface area contributed by atoms with Crippen molar-refractivity contribution < 1.29 is 8.42 Å². The van der Waals surface area contributed by atoms with E-state index in [4.69, 9.17) is 5.14 Å². The molecule has 0 saturated carbocycles. The second-order valence-electron chi connectivity index (χ2n) is 2.55. The second-order valence-corrected chi connectivity index (χ2v) is 8.33. The van der Waals surface area contributed by atoms with E-state index in [0.717, 1.165) is 4.90 Å². The van der Waals surface area contributed by atoms with Crippen molar-refractivity contribution in [2.24, 2.45) is 5.14 Å².